The van der Waals surface area contributed by atoms with Gasteiger partial charge in [0.15, 0.2) is 0 Å². The lowest BCUT2D eigenvalue weighted by Gasteiger charge is -2.38. The quantitative estimate of drug-likeness (QED) is 0.704. The summed E-state index contributed by atoms with van der Waals surface area (Å²) in [5, 5.41) is 0. The van der Waals surface area contributed by atoms with E-state index in [1.807, 2.05) is 14.0 Å². The standard InChI is InChI=1S/C13H26N4OS/c1-4-11(13(14)19)17-8-6-16(7-9-17)10-12(18)15(3)5-2/h11H,4-10H2,1-3H3,(H2,14,19). The molecule has 2 N–H and O–H groups in total. The number of nitrogens with two attached hydrogens (primary N) is 1. The van der Waals surface area contributed by atoms with Crippen LogP contribution in [0.2, 0.25) is 0 Å². The van der Waals surface area contributed by atoms with E-state index in [1.165, 1.54) is 0 Å². The molecule has 0 saturated carbocycles. The lowest BCUT2D eigenvalue weighted by Crippen LogP contribution is -2.54. The number of hydrogen-bond donors (Lipinski definition) is 1. The second-order valence-corrected chi connectivity index (χ2v) is 5.52. The van der Waals surface area contributed by atoms with Crippen LogP contribution in [0.5, 0.6) is 0 Å². The molecule has 1 rings (SSSR count). The Kier molecular flexibility index (Phi) is 6.68. The minimum Gasteiger partial charge on any atom is -0.392 e. The number of carbonyl (C=O) groups excluding carboxylic acids is 1. The van der Waals surface area contributed by atoms with Crippen LogP contribution in [-0.4, -0.2) is 78.0 Å². The van der Waals surface area contributed by atoms with Crippen molar-refractivity contribution in [3.05, 3.63) is 0 Å². The molecule has 1 fully saturated rings. The highest BCUT2D eigenvalue weighted by molar-refractivity contribution is 7.80. The highest BCUT2D eigenvalue weighted by Gasteiger charge is 2.25. The molecule has 0 aromatic carbocycles. The molecule has 1 aliphatic rings. The lowest BCUT2D eigenvalue weighted by molar-refractivity contribution is -0.131. The summed E-state index contributed by atoms with van der Waals surface area (Å²) in [4.78, 5) is 18.7. The van der Waals surface area contributed by atoms with Gasteiger partial charge in [0.05, 0.1) is 17.6 Å². The van der Waals surface area contributed by atoms with Gasteiger partial charge in [0, 0.05) is 39.8 Å². The summed E-state index contributed by atoms with van der Waals surface area (Å²) in [6.45, 7) is 9.04. The third-order valence-electron chi connectivity index (χ3n) is 3.82. The van der Waals surface area contributed by atoms with Crippen molar-refractivity contribution < 1.29 is 4.79 Å². The van der Waals surface area contributed by atoms with E-state index in [0.29, 0.717) is 11.5 Å². The third-order valence-corrected chi connectivity index (χ3v) is 4.09. The molecule has 1 unspecified atom stereocenters. The molecule has 110 valence electrons. The highest BCUT2D eigenvalue weighted by Crippen LogP contribution is 2.10. The molecule has 1 saturated heterocycles. The van der Waals surface area contributed by atoms with Crippen LogP contribution in [0.25, 0.3) is 0 Å². The van der Waals surface area contributed by atoms with Crippen LogP contribution in [0.1, 0.15) is 20.3 Å². The summed E-state index contributed by atoms with van der Waals surface area (Å²) >= 11 is 5.11. The van der Waals surface area contributed by atoms with Crippen LogP contribution in [0.3, 0.4) is 0 Å². The van der Waals surface area contributed by atoms with E-state index < -0.39 is 0 Å². The molecule has 0 aromatic heterocycles. The number of carbonyl (C=O) groups is 1. The van der Waals surface area contributed by atoms with Crippen LogP contribution < -0.4 is 5.73 Å². The summed E-state index contributed by atoms with van der Waals surface area (Å²) in [6, 6.07) is 0.200. The van der Waals surface area contributed by atoms with Crippen molar-refractivity contribution in [1.29, 1.82) is 0 Å². The zero-order valence-electron chi connectivity index (χ0n) is 12.3. The van der Waals surface area contributed by atoms with Crippen LogP contribution in [0.4, 0.5) is 0 Å². The molecule has 1 atom stereocenters. The van der Waals surface area contributed by atoms with Gasteiger partial charge in [-0.3, -0.25) is 14.6 Å². The first-order valence-corrected chi connectivity index (χ1v) is 7.40. The van der Waals surface area contributed by atoms with Crippen LogP contribution in [0, 0.1) is 0 Å². The van der Waals surface area contributed by atoms with Gasteiger partial charge in [0.25, 0.3) is 0 Å². The van der Waals surface area contributed by atoms with E-state index in [1.54, 1.807) is 4.90 Å². The minimum absolute atomic E-state index is 0.192. The summed E-state index contributed by atoms with van der Waals surface area (Å²) < 4.78 is 0. The zero-order valence-corrected chi connectivity index (χ0v) is 13.1. The van der Waals surface area contributed by atoms with E-state index in [4.69, 9.17) is 18.0 Å². The number of amides is 1. The van der Waals surface area contributed by atoms with Gasteiger partial charge in [-0.15, -0.1) is 0 Å². The van der Waals surface area contributed by atoms with Crippen molar-refractivity contribution in [3.8, 4) is 0 Å². The van der Waals surface area contributed by atoms with E-state index in [0.717, 1.165) is 39.1 Å². The average molecular weight is 286 g/mol. The predicted molar refractivity (Wildman–Crippen MR) is 82.2 cm³/mol. The number of rotatable bonds is 6. The number of thiocarbonyl (C=S) groups is 1. The maximum Gasteiger partial charge on any atom is 0.236 e. The zero-order chi connectivity index (χ0) is 14.4. The Morgan fingerprint density at radius 2 is 1.89 bits per heavy atom. The van der Waals surface area contributed by atoms with Crippen molar-refractivity contribution >= 4 is 23.1 Å². The molecule has 1 aliphatic heterocycles. The molecule has 6 heteroatoms. The Balaban J connectivity index is 2.40. The van der Waals surface area contributed by atoms with Crippen molar-refractivity contribution in [3.63, 3.8) is 0 Å². The van der Waals surface area contributed by atoms with E-state index >= 15 is 0 Å². The Morgan fingerprint density at radius 1 is 1.32 bits per heavy atom. The molecule has 0 bridgehead atoms. The van der Waals surface area contributed by atoms with Gasteiger partial charge in [-0.1, -0.05) is 19.1 Å². The number of nitrogens with zero attached hydrogens (tertiary/aromatic N) is 3. The fraction of sp³-hybridized carbons (Fsp3) is 0.846. The monoisotopic (exact) mass is 286 g/mol. The van der Waals surface area contributed by atoms with E-state index in [-0.39, 0.29) is 11.9 Å². The van der Waals surface area contributed by atoms with Crippen molar-refractivity contribution in [2.75, 3.05) is 46.3 Å². The van der Waals surface area contributed by atoms with Gasteiger partial charge in [-0.05, 0) is 13.3 Å². The molecule has 0 radical (unpaired) electrons. The number of likely N-dealkylation sites (N-methyl/N-ethyl adjacent to an activating group) is 1. The predicted octanol–water partition coefficient (Wildman–Crippen LogP) is 0.147. The van der Waals surface area contributed by atoms with Gasteiger partial charge in [-0.25, -0.2) is 0 Å². The Morgan fingerprint density at radius 3 is 2.32 bits per heavy atom. The lowest BCUT2D eigenvalue weighted by atomic mass is 10.1. The fourth-order valence-corrected chi connectivity index (χ4v) is 2.68. The molecule has 0 aromatic rings. The molecule has 19 heavy (non-hydrogen) atoms. The van der Waals surface area contributed by atoms with Gasteiger partial charge >= 0.3 is 0 Å². The first-order valence-electron chi connectivity index (χ1n) is 6.99. The highest BCUT2D eigenvalue weighted by atomic mass is 32.1. The largest absolute Gasteiger partial charge is 0.392 e. The van der Waals surface area contributed by atoms with Gasteiger partial charge in [0.2, 0.25) is 5.91 Å². The topological polar surface area (TPSA) is 52.8 Å². The maximum absolute atomic E-state index is 11.9. The molecule has 1 amide bonds. The number of hydrogen-bond acceptors (Lipinski definition) is 4. The van der Waals surface area contributed by atoms with Gasteiger partial charge < -0.3 is 10.6 Å². The van der Waals surface area contributed by atoms with E-state index in [9.17, 15) is 4.79 Å². The minimum atomic E-state index is 0.192. The summed E-state index contributed by atoms with van der Waals surface area (Å²) in [7, 11) is 1.85. The summed E-state index contributed by atoms with van der Waals surface area (Å²) in [6.07, 6.45) is 0.951. The second-order valence-electron chi connectivity index (χ2n) is 5.05. The third kappa shape index (κ3) is 4.71. The van der Waals surface area contributed by atoms with Crippen LogP contribution in [0.15, 0.2) is 0 Å². The molecular formula is C13H26N4OS. The van der Waals surface area contributed by atoms with Gasteiger partial charge in [0.1, 0.15) is 0 Å². The number of piperazine rings is 1. The Labute approximate surface area is 121 Å². The molecule has 1 heterocycles. The SMILES string of the molecule is CCC(C(N)=S)N1CCN(CC(=O)N(C)CC)CC1. The average Bonchev–Trinajstić information content (AvgIpc) is 2.40. The Bertz CT molecular complexity index is 316. The fourth-order valence-electron chi connectivity index (χ4n) is 2.36. The first kappa shape index (κ1) is 16.3. The van der Waals surface area contributed by atoms with Crippen molar-refractivity contribution in [2.45, 2.75) is 26.3 Å². The molecule has 0 aliphatic carbocycles. The molecule has 5 nitrogen and oxygen atoms in total. The van der Waals surface area contributed by atoms with Crippen molar-refractivity contribution in [1.82, 2.24) is 14.7 Å². The molecular weight excluding hydrogens is 260 g/mol. The summed E-state index contributed by atoms with van der Waals surface area (Å²) in [5.74, 6) is 0.192. The second kappa shape index (κ2) is 7.77. The van der Waals surface area contributed by atoms with E-state index in [2.05, 4.69) is 16.7 Å². The maximum atomic E-state index is 11.9. The van der Waals surface area contributed by atoms with Crippen LogP contribution >= 0.6 is 12.2 Å². The van der Waals surface area contributed by atoms with Crippen molar-refractivity contribution in [2.24, 2.45) is 5.73 Å². The Hall–Kier alpha value is -0.720. The first-order chi connectivity index (χ1) is 8.99. The summed E-state index contributed by atoms with van der Waals surface area (Å²) in [5.41, 5.74) is 5.77. The normalized spacial score (nSPS) is 19.1. The molecule has 0 spiro atoms. The van der Waals surface area contributed by atoms with Gasteiger partial charge in [-0.2, -0.15) is 0 Å². The van der Waals surface area contributed by atoms with Crippen LogP contribution in [-0.2, 0) is 4.79 Å². The smallest absolute Gasteiger partial charge is 0.236 e.